The van der Waals surface area contributed by atoms with E-state index in [9.17, 15) is 9.27 Å². The molecular weight excluding hydrogens is 208 g/mol. The van der Waals surface area contributed by atoms with Gasteiger partial charge >= 0.3 is 81.7 Å². The van der Waals surface area contributed by atoms with Gasteiger partial charge in [0.25, 0.3) is 0 Å². The SMILES string of the molecule is [B]O[C@H]1[C@@H](B=O)[C@@H](P=O)C[C@H]1OP. The van der Waals surface area contributed by atoms with Crippen LogP contribution >= 0.6 is 17.9 Å². The molecule has 0 amide bonds. The van der Waals surface area contributed by atoms with Crippen molar-refractivity contribution < 1.29 is 18.4 Å². The predicted molar refractivity (Wildman–Crippen MR) is 51.4 cm³/mol. The monoisotopic (exact) mass is 216 g/mol. The summed E-state index contributed by atoms with van der Waals surface area (Å²) in [6.45, 7) is 0. The van der Waals surface area contributed by atoms with E-state index < -0.39 is 11.9 Å². The van der Waals surface area contributed by atoms with E-state index in [0.29, 0.717) is 6.42 Å². The van der Waals surface area contributed by atoms with Crippen LogP contribution in [0.25, 0.3) is 0 Å². The van der Waals surface area contributed by atoms with Crippen LogP contribution in [0.3, 0.4) is 0 Å². The van der Waals surface area contributed by atoms with Crippen molar-refractivity contribution in [3.8, 4) is 0 Å². The van der Waals surface area contributed by atoms with E-state index in [0.717, 1.165) is 7.15 Å². The molecule has 0 aromatic heterocycles. The fourth-order valence-electron chi connectivity index (χ4n) is 1.59. The van der Waals surface area contributed by atoms with E-state index in [1.807, 2.05) is 0 Å². The van der Waals surface area contributed by atoms with Gasteiger partial charge < -0.3 is 0 Å². The fraction of sp³-hybridized carbons (Fsp3) is 1.00. The normalized spacial score (nSPS) is 39.2. The molecule has 8 heteroatoms. The number of rotatable bonds is 4. The van der Waals surface area contributed by atoms with Gasteiger partial charge in [-0.1, -0.05) is 0 Å². The first kappa shape index (κ1) is 11.5. The molecule has 4 nitrogen and oxygen atoms in total. The number of hydrogen-bond acceptors (Lipinski definition) is 4. The van der Waals surface area contributed by atoms with Gasteiger partial charge in [-0.05, 0) is 0 Å². The molecule has 0 spiro atoms. The van der Waals surface area contributed by atoms with Crippen LogP contribution in [0.2, 0.25) is 5.82 Å². The minimum absolute atomic E-state index is 0.0661. The predicted octanol–water partition coefficient (Wildman–Crippen LogP) is 0.533. The van der Waals surface area contributed by atoms with E-state index in [2.05, 4.69) is 14.1 Å². The molecule has 13 heavy (non-hydrogen) atoms. The van der Waals surface area contributed by atoms with Gasteiger partial charge in [-0.25, -0.2) is 0 Å². The summed E-state index contributed by atoms with van der Waals surface area (Å²) in [7, 11) is 7.78. The van der Waals surface area contributed by atoms with Gasteiger partial charge in [0.05, 0.1) is 0 Å². The molecule has 0 aromatic rings. The van der Waals surface area contributed by atoms with Crippen molar-refractivity contribution in [2.45, 2.75) is 30.1 Å². The molecule has 0 saturated heterocycles. The molecule has 1 rings (SSSR count). The molecule has 2 radical (unpaired) electrons. The summed E-state index contributed by atoms with van der Waals surface area (Å²) in [5.74, 6) is -0.449. The molecule has 0 N–H and O–H groups in total. The summed E-state index contributed by atoms with van der Waals surface area (Å²) in [6.07, 6.45) is -0.266. The van der Waals surface area contributed by atoms with Crippen LogP contribution in [0.5, 0.6) is 0 Å². The zero-order valence-electron chi connectivity index (χ0n) is 6.83. The van der Waals surface area contributed by atoms with E-state index in [1.165, 1.54) is 0 Å². The van der Waals surface area contributed by atoms with E-state index in [-0.39, 0.29) is 20.2 Å². The van der Waals surface area contributed by atoms with Crippen molar-refractivity contribution >= 4 is 33.1 Å². The van der Waals surface area contributed by atoms with E-state index in [4.69, 9.17) is 12.6 Å². The molecule has 0 aliphatic heterocycles. The Labute approximate surface area is 82.3 Å². The summed E-state index contributed by atoms with van der Waals surface area (Å²) in [4.78, 5) is 0. The Morgan fingerprint density at radius 2 is 2.31 bits per heavy atom. The minimum atomic E-state index is -0.499. The molecule has 1 unspecified atom stereocenters. The molecule has 68 valence electrons. The molecule has 0 bridgehead atoms. The van der Waals surface area contributed by atoms with Gasteiger partial charge in [0.2, 0.25) is 0 Å². The topological polar surface area (TPSA) is 52.6 Å². The van der Waals surface area contributed by atoms with Crippen LogP contribution in [0.15, 0.2) is 0 Å². The van der Waals surface area contributed by atoms with Crippen molar-refractivity contribution in [2.75, 3.05) is 0 Å². The molecule has 0 heterocycles. The Morgan fingerprint density at radius 1 is 1.62 bits per heavy atom. The molecule has 1 saturated carbocycles. The van der Waals surface area contributed by atoms with Crippen molar-refractivity contribution in [1.29, 1.82) is 0 Å². The summed E-state index contributed by atoms with van der Waals surface area (Å²) < 4.78 is 31.0. The van der Waals surface area contributed by atoms with Crippen LogP contribution in [0, 0.1) is 0 Å². The fourth-order valence-corrected chi connectivity index (χ4v) is 2.53. The number of hydrogen-bond donors (Lipinski definition) is 0. The Bertz CT molecular complexity index is 205. The van der Waals surface area contributed by atoms with Gasteiger partial charge in [0.1, 0.15) is 0 Å². The third kappa shape index (κ3) is 2.24. The molecule has 1 fully saturated rings. The third-order valence-corrected chi connectivity index (χ3v) is 3.46. The van der Waals surface area contributed by atoms with E-state index in [1.54, 1.807) is 0 Å². The summed E-state index contributed by atoms with van der Waals surface area (Å²) in [5.41, 5.74) is -0.253. The standard InChI is InChI=1S/C5H8B2O4P2/c6-10-5-2(11-12)1-3(13-9)4(5)7-8/h2-5H,1,12H2/t2-,3+,4+,5-/m1/s1. The first-order valence-corrected chi connectivity index (χ1v) is 5.12. The van der Waals surface area contributed by atoms with Gasteiger partial charge in [-0.2, -0.15) is 0 Å². The molecule has 1 aliphatic rings. The second kappa shape index (κ2) is 5.31. The summed E-state index contributed by atoms with van der Waals surface area (Å²) in [5, 5.41) is 0. The van der Waals surface area contributed by atoms with E-state index >= 15 is 0 Å². The Kier molecular flexibility index (Phi) is 4.68. The first-order chi connectivity index (χ1) is 6.28. The van der Waals surface area contributed by atoms with Crippen LogP contribution < -0.4 is 0 Å². The van der Waals surface area contributed by atoms with Gasteiger partial charge in [0.15, 0.2) is 0 Å². The zero-order valence-corrected chi connectivity index (χ0v) is 8.88. The zero-order chi connectivity index (χ0) is 9.84. The Hall–Kier alpha value is 0.380. The molecule has 5 atom stereocenters. The van der Waals surface area contributed by atoms with Crippen molar-refractivity contribution in [2.24, 2.45) is 0 Å². The molecule has 1 aliphatic carbocycles. The average Bonchev–Trinajstić information content (AvgIpc) is 2.54. The molecular formula is C5H8B2O4P2. The van der Waals surface area contributed by atoms with Crippen molar-refractivity contribution in [1.82, 2.24) is 0 Å². The second-order valence-electron chi connectivity index (χ2n) is 2.90. The first-order valence-electron chi connectivity index (χ1n) is 3.77. The summed E-state index contributed by atoms with van der Waals surface area (Å²) in [6, 6.07) is 0. The molecule has 0 aromatic carbocycles. The quantitative estimate of drug-likeness (QED) is 0.507. The van der Waals surface area contributed by atoms with Crippen LogP contribution in [0.1, 0.15) is 6.42 Å². The second-order valence-corrected chi connectivity index (χ2v) is 4.04. The van der Waals surface area contributed by atoms with Gasteiger partial charge in [-0.15, -0.1) is 0 Å². The maximum atomic E-state index is 10.7. The average molecular weight is 216 g/mol. The van der Waals surface area contributed by atoms with Crippen molar-refractivity contribution in [3.63, 3.8) is 0 Å². The third-order valence-electron chi connectivity index (χ3n) is 2.29. The van der Waals surface area contributed by atoms with Crippen LogP contribution in [0.4, 0.5) is 0 Å². The summed E-state index contributed by atoms with van der Waals surface area (Å²) >= 11 is 0. The van der Waals surface area contributed by atoms with Crippen LogP contribution in [-0.4, -0.2) is 33.1 Å². The van der Waals surface area contributed by atoms with Gasteiger partial charge in [-0.3, -0.25) is 0 Å². The Morgan fingerprint density at radius 3 is 2.69 bits per heavy atom. The maximum absolute atomic E-state index is 10.7. The Balaban J connectivity index is 2.76. The van der Waals surface area contributed by atoms with Gasteiger partial charge in [0, 0.05) is 0 Å². The van der Waals surface area contributed by atoms with Crippen molar-refractivity contribution in [3.05, 3.63) is 0 Å². The van der Waals surface area contributed by atoms with Crippen LogP contribution in [-0.2, 0) is 18.4 Å².